The number of carboxylic acid groups (broad SMARTS) is 1. The lowest BCUT2D eigenvalue weighted by Crippen LogP contribution is -2.35. The van der Waals surface area contributed by atoms with Gasteiger partial charge in [-0.25, -0.2) is 0 Å². The molecule has 0 amide bonds. The van der Waals surface area contributed by atoms with E-state index in [-0.39, 0.29) is 35.4 Å². The SMILES string of the molecule is CCCC(C[C@@H](C)C(=O)C1[C@H]2CCCC[C@H]2C[C@H]1C(=O)O)C(=O)OCC. The van der Waals surface area contributed by atoms with Crippen molar-refractivity contribution in [3.8, 4) is 0 Å². The number of rotatable bonds is 9. The van der Waals surface area contributed by atoms with E-state index in [0.717, 1.165) is 32.1 Å². The Morgan fingerprint density at radius 2 is 1.85 bits per heavy atom. The number of aliphatic carboxylic acids is 1. The Labute approximate surface area is 156 Å². The molecule has 2 fully saturated rings. The highest BCUT2D eigenvalue weighted by Crippen LogP contribution is 2.50. The Bertz CT molecular complexity index is 515. The molecule has 2 aliphatic rings. The van der Waals surface area contributed by atoms with Gasteiger partial charge in [0.05, 0.1) is 18.4 Å². The zero-order valence-electron chi connectivity index (χ0n) is 16.4. The van der Waals surface area contributed by atoms with E-state index in [9.17, 15) is 19.5 Å². The van der Waals surface area contributed by atoms with E-state index >= 15 is 0 Å². The molecule has 0 saturated heterocycles. The third kappa shape index (κ3) is 4.66. The highest BCUT2D eigenvalue weighted by atomic mass is 16.5. The Kier molecular flexibility index (Phi) is 7.66. The third-order valence-corrected chi connectivity index (χ3v) is 6.45. The van der Waals surface area contributed by atoms with Crippen LogP contribution in [0.2, 0.25) is 0 Å². The maximum atomic E-state index is 13.2. The number of hydrogen-bond donors (Lipinski definition) is 1. The molecular weight excluding hydrogens is 332 g/mol. The van der Waals surface area contributed by atoms with Crippen LogP contribution in [0.5, 0.6) is 0 Å². The summed E-state index contributed by atoms with van der Waals surface area (Å²) in [6.45, 7) is 6.01. The van der Waals surface area contributed by atoms with E-state index < -0.39 is 11.9 Å². The summed E-state index contributed by atoms with van der Waals surface area (Å²) in [6.07, 6.45) is 6.91. The Balaban J connectivity index is 2.10. The van der Waals surface area contributed by atoms with Gasteiger partial charge >= 0.3 is 11.9 Å². The Morgan fingerprint density at radius 3 is 2.46 bits per heavy atom. The lowest BCUT2D eigenvalue weighted by Gasteiger charge is -2.31. The summed E-state index contributed by atoms with van der Waals surface area (Å²) in [7, 11) is 0. The van der Waals surface area contributed by atoms with Crippen molar-refractivity contribution >= 4 is 17.7 Å². The smallest absolute Gasteiger partial charge is 0.308 e. The fourth-order valence-corrected chi connectivity index (χ4v) is 5.25. The van der Waals surface area contributed by atoms with E-state index in [2.05, 4.69) is 0 Å². The molecule has 2 unspecified atom stereocenters. The zero-order valence-corrected chi connectivity index (χ0v) is 16.4. The van der Waals surface area contributed by atoms with Gasteiger partial charge in [0, 0.05) is 11.8 Å². The van der Waals surface area contributed by atoms with Crippen molar-refractivity contribution < 1.29 is 24.2 Å². The summed E-state index contributed by atoms with van der Waals surface area (Å²) in [5, 5.41) is 9.66. The van der Waals surface area contributed by atoms with Crippen LogP contribution in [0, 0.1) is 35.5 Å². The van der Waals surface area contributed by atoms with E-state index in [0.29, 0.717) is 31.8 Å². The predicted molar refractivity (Wildman–Crippen MR) is 98.5 cm³/mol. The van der Waals surface area contributed by atoms with Crippen molar-refractivity contribution in [1.82, 2.24) is 0 Å². The molecule has 0 aromatic carbocycles. The van der Waals surface area contributed by atoms with E-state index in [1.165, 1.54) is 0 Å². The minimum atomic E-state index is -0.833. The molecule has 6 atom stereocenters. The average molecular weight is 366 g/mol. The van der Waals surface area contributed by atoms with Gasteiger partial charge in [-0.15, -0.1) is 0 Å². The Hall–Kier alpha value is -1.39. The van der Waals surface area contributed by atoms with Gasteiger partial charge in [-0.05, 0) is 44.4 Å². The number of carboxylic acids is 1. The maximum Gasteiger partial charge on any atom is 0.308 e. The monoisotopic (exact) mass is 366 g/mol. The molecule has 0 aliphatic heterocycles. The minimum absolute atomic E-state index is 0.0530. The summed E-state index contributed by atoms with van der Waals surface area (Å²) < 4.78 is 5.16. The average Bonchev–Trinajstić information content (AvgIpc) is 3.00. The molecule has 5 heteroatoms. The van der Waals surface area contributed by atoms with Crippen molar-refractivity contribution in [3.63, 3.8) is 0 Å². The van der Waals surface area contributed by atoms with Gasteiger partial charge in [0.15, 0.2) is 0 Å². The molecule has 2 rings (SSSR count). The molecule has 26 heavy (non-hydrogen) atoms. The molecule has 2 aliphatic carbocycles. The summed E-state index contributed by atoms with van der Waals surface area (Å²) in [4.78, 5) is 37.2. The maximum absolute atomic E-state index is 13.2. The molecule has 0 aromatic rings. The molecule has 0 bridgehead atoms. The molecular formula is C21H34O5. The number of ether oxygens (including phenoxy) is 1. The Morgan fingerprint density at radius 1 is 1.15 bits per heavy atom. The summed E-state index contributed by atoms with van der Waals surface area (Å²) >= 11 is 0. The first-order valence-corrected chi connectivity index (χ1v) is 10.3. The van der Waals surface area contributed by atoms with Crippen LogP contribution in [0.1, 0.15) is 72.1 Å². The van der Waals surface area contributed by atoms with Crippen molar-refractivity contribution in [1.29, 1.82) is 0 Å². The highest BCUT2D eigenvalue weighted by Gasteiger charge is 2.51. The standard InChI is InChI=1S/C21H34O5/c1-4-8-15(21(25)26-5-2)11-13(3)19(22)18-16-10-7-6-9-14(16)12-17(18)20(23)24/h13-18H,4-12H2,1-3H3,(H,23,24)/t13-,14+,15?,16+,17-,18?/m1/s1. The number of Topliss-reactive ketones (excluding diaryl/α,β-unsaturated/α-hetero) is 1. The highest BCUT2D eigenvalue weighted by molar-refractivity contribution is 5.89. The molecule has 2 saturated carbocycles. The summed E-state index contributed by atoms with van der Waals surface area (Å²) in [5.74, 6) is -1.92. The van der Waals surface area contributed by atoms with Crippen molar-refractivity contribution in [2.45, 2.75) is 72.1 Å². The van der Waals surface area contributed by atoms with Gasteiger partial charge in [0.1, 0.15) is 5.78 Å². The third-order valence-electron chi connectivity index (χ3n) is 6.45. The van der Waals surface area contributed by atoms with Crippen LogP contribution in [0.3, 0.4) is 0 Å². The molecule has 148 valence electrons. The molecule has 0 aromatic heterocycles. The number of hydrogen-bond acceptors (Lipinski definition) is 4. The van der Waals surface area contributed by atoms with E-state index in [1.54, 1.807) is 6.92 Å². The number of ketones is 1. The number of fused-ring (bicyclic) bond motifs is 1. The summed E-state index contributed by atoms with van der Waals surface area (Å²) in [5.41, 5.74) is 0. The zero-order chi connectivity index (χ0) is 19.3. The molecule has 5 nitrogen and oxygen atoms in total. The molecule has 0 heterocycles. The molecule has 0 spiro atoms. The van der Waals surface area contributed by atoms with Gasteiger partial charge < -0.3 is 9.84 Å². The van der Waals surface area contributed by atoms with Gasteiger partial charge in [0.25, 0.3) is 0 Å². The predicted octanol–water partition coefficient (Wildman–Crippen LogP) is 4.09. The van der Waals surface area contributed by atoms with E-state index in [4.69, 9.17) is 4.74 Å². The van der Waals surface area contributed by atoms with Crippen LogP contribution >= 0.6 is 0 Å². The quantitative estimate of drug-likeness (QED) is 0.622. The van der Waals surface area contributed by atoms with E-state index in [1.807, 2.05) is 13.8 Å². The van der Waals surface area contributed by atoms with Crippen molar-refractivity contribution in [2.75, 3.05) is 6.61 Å². The second kappa shape index (κ2) is 9.52. The molecule has 1 N–H and O–H groups in total. The normalized spacial score (nSPS) is 30.3. The topological polar surface area (TPSA) is 80.7 Å². The first kappa shape index (κ1) is 20.9. The van der Waals surface area contributed by atoms with Crippen molar-refractivity contribution in [2.24, 2.45) is 35.5 Å². The fraction of sp³-hybridized carbons (Fsp3) is 0.857. The second-order valence-electron chi connectivity index (χ2n) is 8.19. The van der Waals surface area contributed by atoms with Gasteiger partial charge in [-0.1, -0.05) is 39.5 Å². The second-order valence-corrected chi connectivity index (χ2v) is 8.19. The van der Waals surface area contributed by atoms with Crippen LogP contribution < -0.4 is 0 Å². The number of carbonyl (C=O) groups excluding carboxylic acids is 2. The lowest BCUT2D eigenvalue weighted by atomic mass is 9.73. The van der Waals surface area contributed by atoms with Crippen LogP contribution in [0.25, 0.3) is 0 Å². The van der Waals surface area contributed by atoms with Crippen LogP contribution in [-0.2, 0) is 19.1 Å². The number of carbonyl (C=O) groups is 3. The largest absolute Gasteiger partial charge is 0.481 e. The van der Waals surface area contributed by atoms with Crippen LogP contribution in [-0.4, -0.2) is 29.4 Å². The number of esters is 1. The van der Waals surface area contributed by atoms with Crippen LogP contribution in [0.15, 0.2) is 0 Å². The first-order chi connectivity index (χ1) is 12.4. The van der Waals surface area contributed by atoms with Gasteiger partial charge in [-0.2, -0.15) is 0 Å². The van der Waals surface area contributed by atoms with Crippen LogP contribution in [0.4, 0.5) is 0 Å². The lowest BCUT2D eigenvalue weighted by molar-refractivity contribution is -0.150. The summed E-state index contributed by atoms with van der Waals surface area (Å²) in [6, 6.07) is 0. The fourth-order valence-electron chi connectivity index (χ4n) is 5.25. The molecule has 0 radical (unpaired) electrons. The first-order valence-electron chi connectivity index (χ1n) is 10.3. The van der Waals surface area contributed by atoms with Gasteiger partial charge in [0.2, 0.25) is 0 Å². The van der Waals surface area contributed by atoms with Crippen molar-refractivity contribution in [3.05, 3.63) is 0 Å². The van der Waals surface area contributed by atoms with Gasteiger partial charge in [-0.3, -0.25) is 14.4 Å². The minimum Gasteiger partial charge on any atom is -0.481 e.